The zero-order chi connectivity index (χ0) is 12.4. The van der Waals surface area contributed by atoms with E-state index in [0.29, 0.717) is 6.04 Å². The van der Waals surface area contributed by atoms with Crippen LogP contribution in [0.3, 0.4) is 0 Å². The second kappa shape index (κ2) is 5.25. The fraction of sp³-hybridized carbons (Fsp3) is 0.200. The molecule has 18 heavy (non-hydrogen) atoms. The smallest absolute Gasteiger partial charge is 0.0607 e. The van der Waals surface area contributed by atoms with Gasteiger partial charge in [0.05, 0.1) is 6.04 Å². The molecule has 1 atom stereocenters. The van der Waals surface area contributed by atoms with Gasteiger partial charge in [0.2, 0.25) is 0 Å². The van der Waals surface area contributed by atoms with Crippen LogP contribution in [0.4, 0.5) is 5.69 Å². The van der Waals surface area contributed by atoms with E-state index in [0.717, 1.165) is 22.2 Å². The third-order valence-electron chi connectivity index (χ3n) is 3.16. The largest absolute Gasteiger partial charge is 0.377 e. The van der Waals surface area contributed by atoms with Gasteiger partial charge in [-0.1, -0.05) is 35.9 Å². The van der Waals surface area contributed by atoms with Crippen LogP contribution in [0.25, 0.3) is 0 Å². The minimum Gasteiger partial charge on any atom is -0.377 e. The molecule has 0 aromatic heterocycles. The molecule has 2 aromatic carbocycles. The lowest BCUT2D eigenvalue weighted by Gasteiger charge is -2.26. The van der Waals surface area contributed by atoms with Gasteiger partial charge in [-0.25, -0.2) is 0 Å². The molecule has 0 bridgehead atoms. The van der Waals surface area contributed by atoms with Crippen LogP contribution >= 0.6 is 23.4 Å². The van der Waals surface area contributed by atoms with Crippen molar-refractivity contribution >= 4 is 29.1 Å². The Morgan fingerprint density at radius 1 is 1.06 bits per heavy atom. The Morgan fingerprint density at radius 3 is 2.67 bits per heavy atom. The first-order valence-corrected chi connectivity index (χ1v) is 7.54. The number of hydrogen-bond donors (Lipinski definition) is 1. The number of rotatable bonds is 2. The number of halogens is 1. The van der Waals surface area contributed by atoms with Crippen LogP contribution in [0, 0.1) is 0 Å². The second-order valence-electron chi connectivity index (χ2n) is 4.42. The average molecular weight is 276 g/mol. The Kier molecular flexibility index (Phi) is 3.48. The highest BCUT2D eigenvalue weighted by atomic mass is 35.5. The van der Waals surface area contributed by atoms with Crippen LogP contribution in [0.2, 0.25) is 5.02 Å². The van der Waals surface area contributed by atoms with Gasteiger partial charge in [0.25, 0.3) is 0 Å². The molecule has 3 heteroatoms. The summed E-state index contributed by atoms with van der Waals surface area (Å²) in [5, 5.41) is 4.36. The molecule has 1 heterocycles. The summed E-state index contributed by atoms with van der Waals surface area (Å²) in [5.74, 6) is 2.23. The molecule has 0 radical (unpaired) electrons. The first kappa shape index (κ1) is 11.9. The molecule has 92 valence electrons. The Morgan fingerprint density at radius 2 is 1.83 bits per heavy atom. The minimum absolute atomic E-state index is 0.390. The van der Waals surface area contributed by atoms with Crippen molar-refractivity contribution in [2.24, 2.45) is 0 Å². The number of anilines is 1. The van der Waals surface area contributed by atoms with E-state index in [4.69, 9.17) is 11.6 Å². The van der Waals surface area contributed by atoms with E-state index in [2.05, 4.69) is 29.6 Å². The van der Waals surface area contributed by atoms with E-state index in [9.17, 15) is 0 Å². The Balaban J connectivity index is 1.84. The van der Waals surface area contributed by atoms with Crippen LogP contribution in [-0.2, 0) is 5.75 Å². The maximum absolute atomic E-state index is 5.90. The van der Waals surface area contributed by atoms with Gasteiger partial charge in [-0.05, 0) is 35.4 Å². The molecule has 0 fully saturated rings. The zero-order valence-electron chi connectivity index (χ0n) is 9.90. The summed E-state index contributed by atoms with van der Waals surface area (Å²) < 4.78 is 0. The predicted molar refractivity (Wildman–Crippen MR) is 80.4 cm³/mol. The van der Waals surface area contributed by atoms with Gasteiger partial charge in [-0.2, -0.15) is 11.8 Å². The highest BCUT2D eigenvalue weighted by Gasteiger charge is 2.19. The van der Waals surface area contributed by atoms with Crippen molar-refractivity contribution in [1.29, 1.82) is 0 Å². The molecule has 2 aromatic rings. The van der Waals surface area contributed by atoms with Gasteiger partial charge >= 0.3 is 0 Å². The van der Waals surface area contributed by atoms with Crippen molar-refractivity contribution in [1.82, 2.24) is 0 Å². The van der Waals surface area contributed by atoms with Crippen LogP contribution in [0.15, 0.2) is 48.5 Å². The number of nitrogens with one attached hydrogen (secondary N) is 1. The van der Waals surface area contributed by atoms with Crippen molar-refractivity contribution in [2.45, 2.75) is 11.8 Å². The van der Waals surface area contributed by atoms with Gasteiger partial charge in [0.1, 0.15) is 0 Å². The van der Waals surface area contributed by atoms with Gasteiger partial charge in [-0.15, -0.1) is 0 Å². The third kappa shape index (κ3) is 2.50. The summed E-state index contributed by atoms with van der Waals surface area (Å²) in [6, 6.07) is 17.0. The molecule has 1 N–H and O–H groups in total. The van der Waals surface area contributed by atoms with E-state index in [-0.39, 0.29) is 0 Å². The highest BCUT2D eigenvalue weighted by molar-refractivity contribution is 7.98. The SMILES string of the molecule is Clc1ccc(NC2CSCc3ccccc32)cc1. The molecule has 3 rings (SSSR count). The number of fused-ring (bicyclic) bond motifs is 1. The lowest BCUT2D eigenvalue weighted by Crippen LogP contribution is -2.18. The van der Waals surface area contributed by atoms with Crippen LogP contribution < -0.4 is 5.32 Å². The lowest BCUT2D eigenvalue weighted by molar-refractivity contribution is 0.871. The summed E-state index contributed by atoms with van der Waals surface area (Å²) in [4.78, 5) is 0. The summed E-state index contributed by atoms with van der Waals surface area (Å²) >= 11 is 7.88. The summed E-state index contributed by atoms with van der Waals surface area (Å²) in [7, 11) is 0. The molecule has 1 aliphatic heterocycles. The van der Waals surface area contributed by atoms with Crippen molar-refractivity contribution in [3.63, 3.8) is 0 Å². The average Bonchev–Trinajstić information content (AvgIpc) is 2.42. The maximum Gasteiger partial charge on any atom is 0.0607 e. The van der Waals surface area contributed by atoms with Gasteiger partial charge in [0, 0.05) is 22.2 Å². The zero-order valence-corrected chi connectivity index (χ0v) is 11.5. The summed E-state index contributed by atoms with van der Waals surface area (Å²) in [6.07, 6.45) is 0. The fourth-order valence-corrected chi connectivity index (χ4v) is 3.47. The van der Waals surface area contributed by atoms with Gasteiger partial charge in [-0.3, -0.25) is 0 Å². The molecule has 0 saturated carbocycles. The molecule has 1 nitrogen and oxygen atoms in total. The normalized spacial score (nSPS) is 18.2. The van der Waals surface area contributed by atoms with E-state index >= 15 is 0 Å². The molecular weight excluding hydrogens is 262 g/mol. The van der Waals surface area contributed by atoms with Crippen molar-refractivity contribution in [2.75, 3.05) is 11.1 Å². The summed E-state index contributed by atoms with van der Waals surface area (Å²) in [5.41, 5.74) is 3.99. The Labute approximate surface area is 117 Å². The fourth-order valence-electron chi connectivity index (χ4n) is 2.25. The topological polar surface area (TPSA) is 12.0 Å². The van der Waals surface area contributed by atoms with E-state index in [1.165, 1.54) is 11.1 Å². The first-order valence-electron chi connectivity index (χ1n) is 6.00. The monoisotopic (exact) mass is 275 g/mol. The molecule has 1 unspecified atom stereocenters. The molecule has 0 saturated heterocycles. The molecule has 0 aliphatic carbocycles. The van der Waals surface area contributed by atoms with Gasteiger partial charge < -0.3 is 5.32 Å². The van der Waals surface area contributed by atoms with E-state index in [1.807, 2.05) is 36.0 Å². The molecule has 0 amide bonds. The second-order valence-corrected chi connectivity index (χ2v) is 5.88. The predicted octanol–water partition coefficient (Wildman–Crippen LogP) is 4.74. The maximum atomic E-state index is 5.90. The molecular formula is C15H14ClNS. The summed E-state index contributed by atoms with van der Waals surface area (Å²) in [6.45, 7) is 0. The Hall–Kier alpha value is -1.12. The Bertz CT molecular complexity index is 538. The quantitative estimate of drug-likeness (QED) is 0.850. The van der Waals surface area contributed by atoms with Crippen molar-refractivity contribution in [3.8, 4) is 0 Å². The number of thioether (sulfide) groups is 1. The molecule has 0 spiro atoms. The molecule has 1 aliphatic rings. The van der Waals surface area contributed by atoms with Crippen LogP contribution in [0.5, 0.6) is 0 Å². The standard InChI is InChI=1S/C15H14ClNS/c16-12-5-7-13(8-6-12)17-15-10-18-9-11-3-1-2-4-14(11)15/h1-8,15,17H,9-10H2. The highest BCUT2D eigenvalue weighted by Crippen LogP contribution is 2.33. The van der Waals surface area contributed by atoms with E-state index in [1.54, 1.807) is 0 Å². The first-order chi connectivity index (χ1) is 8.83. The lowest BCUT2D eigenvalue weighted by atomic mass is 10.0. The van der Waals surface area contributed by atoms with Crippen LogP contribution in [0.1, 0.15) is 17.2 Å². The van der Waals surface area contributed by atoms with Gasteiger partial charge in [0.15, 0.2) is 0 Å². The van der Waals surface area contributed by atoms with Crippen molar-refractivity contribution in [3.05, 3.63) is 64.7 Å². The minimum atomic E-state index is 0.390. The third-order valence-corrected chi connectivity index (χ3v) is 4.49. The number of hydrogen-bond acceptors (Lipinski definition) is 2. The number of benzene rings is 2. The van der Waals surface area contributed by atoms with Crippen LogP contribution in [-0.4, -0.2) is 5.75 Å². The van der Waals surface area contributed by atoms with Crippen molar-refractivity contribution < 1.29 is 0 Å². The van der Waals surface area contributed by atoms with E-state index < -0.39 is 0 Å².